The summed E-state index contributed by atoms with van der Waals surface area (Å²) in [6, 6.07) is 6.09. The second kappa shape index (κ2) is 7.62. The lowest BCUT2D eigenvalue weighted by molar-refractivity contribution is 0.134. The van der Waals surface area contributed by atoms with Crippen molar-refractivity contribution in [2.24, 2.45) is 0 Å². The van der Waals surface area contributed by atoms with E-state index in [1.165, 1.54) is 5.56 Å². The van der Waals surface area contributed by atoms with E-state index in [1.807, 2.05) is 6.07 Å². The lowest BCUT2D eigenvalue weighted by atomic mass is 10.0. The molecule has 2 N–H and O–H groups in total. The molecule has 1 heterocycles. The van der Waals surface area contributed by atoms with Gasteiger partial charge in [-0.1, -0.05) is 13.0 Å². The van der Waals surface area contributed by atoms with E-state index in [4.69, 9.17) is 4.74 Å². The van der Waals surface area contributed by atoms with Crippen molar-refractivity contribution in [2.45, 2.75) is 25.9 Å². The van der Waals surface area contributed by atoms with Gasteiger partial charge in [-0.2, -0.15) is 0 Å². The largest absolute Gasteiger partial charge is 0.496 e. The van der Waals surface area contributed by atoms with Crippen LogP contribution in [0.25, 0.3) is 0 Å². The molecule has 1 unspecified atom stereocenters. The monoisotopic (exact) mass is 278 g/mol. The molecule has 112 valence electrons. The molecule has 0 amide bonds. The predicted octanol–water partition coefficient (Wildman–Crippen LogP) is 1.59. The number of hydrogen-bond donors (Lipinski definition) is 2. The molecule has 0 spiro atoms. The maximum Gasteiger partial charge on any atom is 0.124 e. The molecule has 1 aliphatic rings. The maximum absolute atomic E-state index is 10.5. The number of aliphatic hydroxyl groups is 1. The van der Waals surface area contributed by atoms with Gasteiger partial charge in [-0.15, -0.1) is 0 Å². The quantitative estimate of drug-likeness (QED) is 0.829. The zero-order valence-corrected chi connectivity index (χ0v) is 12.6. The standard InChI is InChI=1S/C16H26N2O2/c1-3-13-4-5-16(20-2)14(12-13)15(19)6-9-18-10-7-17-8-11-18/h4-5,12,15,17,19H,3,6-11H2,1-2H3. The Bertz CT molecular complexity index is 417. The molecule has 0 aromatic heterocycles. The summed E-state index contributed by atoms with van der Waals surface area (Å²) in [5.41, 5.74) is 2.16. The third-order valence-corrected chi connectivity index (χ3v) is 3.99. The van der Waals surface area contributed by atoms with Crippen LogP contribution in [-0.2, 0) is 6.42 Å². The fraction of sp³-hybridized carbons (Fsp3) is 0.625. The average Bonchev–Trinajstić information content (AvgIpc) is 2.52. The van der Waals surface area contributed by atoms with Crippen LogP contribution in [0.2, 0.25) is 0 Å². The van der Waals surface area contributed by atoms with Crippen LogP contribution in [-0.4, -0.2) is 49.8 Å². The molecule has 1 aromatic rings. The molecule has 1 saturated heterocycles. The number of rotatable bonds is 6. The van der Waals surface area contributed by atoms with Gasteiger partial charge in [0.15, 0.2) is 0 Å². The van der Waals surface area contributed by atoms with E-state index in [0.29, 0.717) is 0 Å². The van der Waals surface area contributed by atoms with Crippen LogP contribution in [0.5, 0.6) is 5.75 Å². The van der Waals surface area contributed by atoms with Gasteiger partial charge in [-0.25, -0.2) is 0 Å². The Morgan fingerprint density at radius 3 is 2.75 bits per heavy atom. The lowest BCUT2D eigenvalue weighted by Gasteiger charge is -2.28. The van der Waals surface area contributed by atoms with Crippen LogP contribution in [0.15, 0.2) is 18.2 Å². The second-order valence-corrected chi connectivity index (χ2v) is 5.33. The summed E-state index contributed by atoms with van der Waals surface area (Å²) in [6.07, 6.45) is 1.27. The highest BCUT2D eigenvalue weighted by Crippen LogP contribution is 2.28. The highest BCUT2D eigenvalue weighted by molar-refractivity contribution is 5.38. The van der Waals surface area contributed by atoms with Gasteiger partial charge < -0.3 is 20.1 Å². The fourth-order valence-electron chi connectivity index (χ4n) is 2.66. The van der Waals surface area contributed by atoms with Crippen molar-refractivity contribution in [1.82, 2.24) is 10.2 Å². The minimum absolute atomic E-state index is 0.452. The Morgan fingerprint density at radius 1 is 1.35 bits per heavy atom. The second-order valence-electron chi connectivity index (χ2n) is 5.33. The van der Waals surface area contributed by atoms with E-state index in [0.717, 1.165) is 56.9 Å². The van der Waals surface area contributed by atoms with Crippen molar-refractivity contribution in [2.75, 3.05) is 39.8 Å². The van der Waals surface area contributed by atoms with Gasteiger partial charge in [0.05, 0.1) is 13.2 Å². The summed E-state index contributed by atoms with van der Waals surface area (Å²) in [7, 11) is 1.66. The van der Waals surface area contributed by atoms with Crippen molar-refractivity contribution in [3.63, 3.8) is 0 Å². The minimum atomic E-state index is -0.452. The van der Waals surface area contributed by atoms with E-state index >= 15 is 0 Å². The fourth-order valence-corrected chi connectivity index (χ4v) is 2.66. The average molecular weight is 278 g/mol. The third kappa shape index (κ3) is 3.95. The van der Waals surface area contributed by atoms with Crippen LogP contribution in [0, 0.1) is 0 Å². The van der Waals surface area contributed by atoms with Gasteiger partial charge in [0, 0.05) is 38.3 Å². The highest BCUT2D eigenvalue weighted by atomic mass is 16.5. The first-order valence-electron chi connectivity index (χ1n) is 7.52. The normalized spacial score (nSPS) is 17.9. The number of aliphatic hydroxyl groups excluding tert-OH is 1. The predicted molar refractivity (Wildman–Crippen MR) is 81.3 cm³/mol. The number of ether oxygens (including phenoxy) is 1. The van der Waals surface area contributed by atoms with Gasteiger partial charge in [0.1, 0.15) is 5.75 Å². The third-order valence-electron chi connectivity index (χ3n) is 3.99. The number of nitrogens with one attached hydrogen (secondary N) is 1. The molecule has 20 heavy (non-hydrogen) atoms. The summed E-state index contributed by atoms with van der Waals surface area (Å²) in [6.45, 7) is 7.29. The summed E-state index contributed by atoms with van der Waals surface area (Å²) >= 11 is 0. The van der Waals surface area contributed by atoms with E-state index in [-0.39, 0.29) is 0 Å². The van der Waals surface area contributed by atoms with E-state index in [2.05, 4.69) is 29.3 Å². The van der Waals surface area contributed by atoms with Gasteiger partial charge in [-0.3, -0.25) is 0 Å². The number of hydrogen-bond acceptors (Lipinski definition) is 4. The van der Waals surface area contributed by atoms with Crippen molar-refractivity contribution < 1.29 is 9.84 Å². The van der Waals surface area contributed by atoms with E-state index < -0.39 is 6.10 Å². The first-order chi connectivity index (χ1) is 9.74. The molecule has 1 atom stereocenters. The smallest absolute Gasteiger partial charge is 0.124 e. The Kier molecular flexibility index (Phi) is 5.83. The van der Waals surface area contributed by atoms with E-state index in [1.54, 1.807) is 7.11 Å². The number of piperazine rings is 1. The number of nitrogens with zero attached hydrogens (tertiary/aromatic N) is 1. The van der Waals surface area contributed by atoms with Crippen LogP contribution in [0.3, 0.4) is 0 Å². The Labute approximate surface area is 121 Å². The number of methoxy groups -OCH3 is 1. The van der Waals surface area contributed by atoms with Gasteiger partial charge in [0.25, 0.3) is 0 Å². The molecule has 4 nitrogen and oxygen atoms in total. The molecule has 1 aliphatic heterocycles. The first-order valence-corrected chi connectivity index (χ1v) is 7.52. The zero-order chi connectivity index (χ0) is 14.4. The molecule has 4 heteroatoms. The topological polar surface area (TPSA) is 44.7 Å². The SMILES string of the molecule is CCc1ccc(OC)c(C(O)CCN2CCNCC2)c1. The summed E-state index contributed by atoms with van der Waals surface area (Å²) in [5.74, 6) is 0.787. The number of benzene rings is 1. The number of aryl methyl sites for hydroxylation is 1. The Morgan fingerprint density at radius 2 is 2.10 bits per heavy atom. The van der Waals surface area contributed by atoms with Crippen LogP contribution < -0.4 is 10.1 Å². The van der Waals surface area contributed by atoms with E-state index in [9.17, 15) is 5.11 Å². The maximum atomic E-state index is 10.5. The van der Waals surface area contributed by atoms with Gasteiger partial charge >= 0.3 is 0 Å². The van der Waals surface area contributed by atoms with Crippen molar-refractivity contribution in [3.8, 4) is 5.75 Å². The molecule has 0 radical (unpaired) electrons. The van der Waals surface area contributed by atoms with Crippen molar-refractivity contribution in [1.29, 1.82) is 0 Å². The molecule has 0 saturated carbocycles. The van der Waals surface area contributed by atoms with Gasteiger partial charge in [-0.05, 0) is 30.5 Å². The molecule has 0 aliphatic carbocycles. The summed E-state index contributed by atoms with van der Waals surface area (Å²) < 4.78 is 5.37. The molecule has 0 bridgehead atoms. The Hall–Kier alpha value is -1.10. The van der Waals surface area contributed by atoms with Gasteiger partial charge in [0.2, 0.25) is 0 Å². The van der Waals surface area contributed by atoms with Crippen LogP contribution in [0.1, 0.15) is 30.6 Å². The molecule has 1 aromatic carbocycles. The Balaban J connectivity index is 1.98. The van der Waals surface area contributed by atoms with Crippen molar-refractivity contribution in [3.05, 3.63) is 29.3 Å². The van der Waals surface area contributed by atoms with Crippen LogP contribution in [0.4, 0.5) is 0 Å². The lowest BCUT2D eigenvalue weighted by Crippen LogP contribution is -2.44. The highest BCUT2D eigenvalue weighted by Gasteiger charge is 2.16. The molecule has 2 rings (SSSR count). The zero-order valence-electron chi connectivity index (χ0n) is 12.6. The summed E-state index contributed by atoms with van der Waals surface area (Å²) in [5, 5.41) is 13.8. The minimum Gasteiger partial charge on any atom is -0.496 e. The van der Waals surface area contributed by atoms with Crippen molar-refractivity contribution >= 4 is 0 Å². The first kappa shape index (κ1) is 15.3. The van der Waals surface area contributed by atoms with Crippen LogP contribution >= 0.6 is 0 Å². The molecular weight excluding hydrogens is 252 g/mol. The molecular formula is C16H26N2O2. The molecule has 1 fully saturated rings. The summed E-state index contributed by atoms with van der Waals surface area (Å²) in [4.78, 5) is 2.40.